The van der Waals surface area contributed by atoms with Gasteiger partial charge in [-0.2, -0.15) is 13.2 Å². The van der Waals surface area contributed by atoms with E-state index in [1.54, 1.807) is 0 Å². The first-order valence-corrected chi connectivity index (χ1v) is 7.61. The number of halogens is 3. The van der Waals surface area contributed by atoms with Crippen LogP contribution >= 0.6 is 0 Å². The lowest BCUT2D eigenvalue weighted by Crippen LogP contribution is -2.61. The van der Waals surface area contributed by atoms with Crippen molar-refractivity contribution >= 4 is 5.97 Å². The normalized spacial score (nSPS) is 17.6. The van der Waals surface area contributed by atoms with Crippen LogP contribution in [0.25, 0.3) is 0 Å². The van der Waals surface area contributed by atoms with E-state index in [0.29, 0.717) is 6.61 Å². The second kappa shape index (κ2) is 7.31. The monoisotopic (exact) mass is 331 g/mol. The Labute approximate surface area is 133 Å². The number of benzene rings is 1. The lowest BCUT2D eigenvalue weighted by molar-refractivity contribution is -0.296. The van der Waals surface area contributed by atoms with E-state index in [1.807, 2.05) is 30.3 Å². The van der Waals surface area contributed by atoms with Crippen LogP contribution in [-0.2, 0) is 20.0 Å². The highest BCUT2D eigenvalue weighted by atomic mass is 19.4. The van der Waals surface area contributed by atoms with Crippen LogP contribution in [0.3, 0.4) is 0 Å². The van der Waals surface area contributed by atoms with Crippen LogP contribution < -0.4 is 0 Å². The highest BCUT2D eigenvalue weighted by Crippen LogP contribution is 2.37. The van der Waals surface area contributed by atoms with Crippen LogP contribution in [0.4, 0.5) is 13.2 Å². The average Bonchev–Trinajstić information content (AvgIpc) is 2.48. The predicted octanol–water partition coefficient (Wildman–Crippen LogP) is 3.42. The molecule has 1 aliphatic heterocycles. The van der Waals surface area contributed by atoms with E-state index in [4.69, 9.17) is 4.74 Å². The fraction of sp³-hybridized carbons (Fsp3) is 0.562. The Kier molecular flexibility index (Phi) is 5.64. The summed E-state index contributed by atoms with van der Waals surface area (Å²) in [6.45, 7) is 2.77. The Hall–Kier alpha value is -1.60. The molecule has 7 heteroatoms. The molecule has 1 aliphatic rings. The smallest absolute Gasteiger partial charge is 0.367 e. The Morgan fingerprint density at radius 1 is 1.22 bits per heavy atom. The van der Waals surface area contributed by atoms with Crippen molar-refractivity contribution in [2.24, 2.45) is 0 Å². The molecule has 1 fully saturated rings. The summed E-state index contributed by atoms with van der Waals surface area (Å²) in [5.74, 6) is -2.20. The molecule has 0 unspecified atom stereocenters. The number of alkyl halides is 3. The maximum atomic E-state index is 12.2. The first-order valence-electron chi connectivity index (χ1n) is 7.61. The number of carbonyl (C=O) groups excluding carboxylic acids is 1. The van der Waals surface area contributed by atoms with Crippen LogP contribution in [0, 0.1) is 0 Å². The van der Waals surface area contributed by atoms with Gasteiger partial charge in [0.05, 0.1) is 13.1 Å². The summed E-state index contributed by atoms with van der Waals surface area (Å²) in [6, 6.07) is 9.27. The molecule has 0 aromatic heterocycles. The van der Waals surface area contributed by atoms with E-state index in [-0.39, 0.29) is 13.1 Å². The molecule has 1 heterocycles. The zero-order valence-electron chi connectivity index (χ0n) is 12.9. The van der Waals surface area contributed by atoms with Crippen molar-refractivity contribution in [3.8, 4) is 0 Å². The highest BCUT2D eigenvalue weighted by Gasteiger charge is 2.51. The molecule has 128 valence electrons. The molecule has 23 heavy (non-hydrogen) atoms. The Morgan fingerprint density at radius 2 is 1.87 bits per heavy atom. The van der Waals surface area contributed by atoms with Gasteiger partial charge in [0.25, 0.3) is 0 Å². The van der Waals surface area contributed by atoms with E-state index >= 15 is 0 Å². The summed E-state index contributed by atoms with van der Waals surface area (Å²) in [5, 5.41) is 0.989. The third-order valence-electron chi connectivity index (χ3n) is 3.73. The molecule has 4 nitrogen and oxygen atoms in total. The fourth-order valence-corrected chi connectivity index (χ4v) is 2.48. The molecule has 0 atom stereocenters. The maximum absolute atomic E-state index is 12.2. The first kappa shape index (κ1) is 17.7. The number of hydrogen-bond donors (Lipinski definition) is 0. The van der Waals surface area contributed by atoms with Crippen molar-refractivity contribution < 1.29 is 27.5 Å². The minimum absolute atomic E-state index is 0.0883. The topological polar surface area (TPSA) is 38.8 Å². The van der Waals surface area contributed by atoms with E-state index in [2.05, 4.69) is 11.8 Å². The fourth-order valence-electron chi connectivity index (χ4n) is 2.48. The number of unbranched alkanes of at least 4 members (excludes halogenated alkanes) is 2. The van der Waals surface area contributed by atoms with E-state index < -0.39 is 17.7 Å². The van der Waals surface area contributed by atoms with Gasteiger partial charge in [-0.15, -0.1) is 5.06 Å². The molecule has 0 N–H and O–H groups in total. The summed E-state index contributed by atoms with van der Waals surface area (Å²) < 4.78 is 42.7. The second-order valence-corrected chi connectivity index (χ2v) is 5.59. The summed E-state index contributed by atoms with van der Waals surface area (Å²) >= 11 is 0. The Balaban J connectivity index is 1.97. The van der Waals surface area contributed by atoms with Crippen molar-refractivity contribution in [3.63, 3.8) is 0 Å². The van der Waals surface area contributed by atoms with Crippen LogP contribution in [0.1, 0.15) is 31.7 Å². The largest absolute Gasteiger partial charge is 0.492 e. The molecule has 0 spiro atoms. The van der Waals surface area contributed by atoms with Gasteiger partial charge in [0.1, 0.15) is 5.60 Å². The van der Waals surface area contributed by atoms with Gasteiger partial charge in [-0.3, -0.25) is 0 Å². The molecule has 0 aliphatic carbocycles. The predicted molar refractivity (Wildman–Crippen MR) is 77.3 cm³/mol. The number of hydroxylamine groups is 2. The van der Waals surface area contributed by atoms with Crippen LogP contribution in [0.15, 0.2) is 30.3 Å². The van der Waals surface area contributed by atoms with Gasteiger partial charge >= 0.3 is 12.1 Å². The van der Waals surface area contributed by atoms with Gasteiger partial charge in [0.15, 0.2) is 0 Å². The van der Waals surface area contributed by atoms with Crippen molar-refractivity contribution in [1.29, 1.82) is 0 Å². The van der Waals surface area contributed by atoms with Crippen LogP contribution in [0.2, 0.25) is 0 Å². The Bertz CT molecular complexity index is 513. The van der Waals surface area contributed by atoms with Crippen LogP contribution in [0.5, 0.6) is 0 Å². The van der Waals surface area contributed by atoms with Crippen molar-refractivity contribution in [3.05, 3.63) is 35.9 Å². The number of ether oxygens (including phenoxy) is 1. The van der Waals surface area contributed by atoms with Gasteiger partial charge in [-0.1, -0.05) is 50.1 Å². The highest BCUT2D eigenvalue weighted by molar-refractivity contribution is 5.75. The second-order valence-electron chi connectivity index (χ2n) is 5.59. The maximum Gasteiger partial charge on any atom is 0.492 e. The number of nitrogens with zero attached hydrogens (tertiary/aromatic N) is 1. The first-order chi connectivity index (χ1) is 10.9. The van der Waals surface area contributed by atoms with Crippen molar-refractivity contribution in [1.82, 2.24) is 5.06 Å². The molecule has 0 saturated carbocycles. The van der Waals surface area contributed by atoms with Gasteiger partial charge < -0.3 is 9.57 Å². The minimum atomic E-state index is -4.99. The van der Waals surface area contributed by atoms with Gasteiger partial charge in [-0.25, -0.2) is 4.79 Å². The molecular formula is C16H20F3NO3. The third kappa shape index (κ3) is 4.45. The van der Waals surface area contributed by atoms with Crippen molar-refractivity contribution in [2.45, 2.75) is 38.0 Å². The molecule has 2 rings (SSSR count). The quantitative estimate of drug-likeness (QED) is 0.718. The molecule has 0 radical (unpaired) electrons. The number of hydrogen-bond acceptors (Lipinski definition) is 4. The van der Waals surface area contributed by atoms with E-state index in [9.17, 15) is 18.0 Å². The number of carbonyl (C=O) groups is 1. The van der Waals surface area contributed by atoms with E-state index in [0.717, 1.165) is 29.9 Å². The summed E-state index contributed by atoms with van der Waals surface area (Å²) in [7, 11) is 0. The van der Waals surface area contributed by atoms with E-state index in [1.165, 1.54) is 0 Å². The molecule has 0 bridgehead atoms. The zero-order valence-corrected chi connectivity index (χ0v) is 12.9. The summed E-state index contributed by atoms with van der Waals surface area (Å²) in [6.07, 6.45) is -2.03. The molecule has 0 amide bonds. The lowest BCUT2D eigenvalue weighted by Gasteiger charge is -2.48. The van der Waals surface area contributed by atoms with Gasteiger partial charge in [0, 0.05) is 6.61 Å². The average molecular weight is 331 g/mol. The van der Waals surface area contributed by atoms with Gasteiger partial charge in [0.2, 0.25) is 0 Å². The third-order valence-corrected chi connectivity index (χ3v) is 3.73. The Morgan fingerprint density at radius 3 is 2.43 bits per heavy atom. The SMILES string of the molecule is CCCCCOC1(c2ccccc2)CN(OC(=O)C(F)(F)F)C1. The molecule has 1 aromatic carbocycles. The summed E-state index contributed by atoms with van der Waals surface area (Å²) in [5.41, 5.74) is 0.150. The number of rotatable bonds is 7. The minimum Gasteiger partial charge on any atom is -0.367 e. The zero-order chi connectivity index (χ0) is 16.9. The van der Waals surface area contributed by atoms with Crippen molar-refractivity contribution in [2.75, 3.05) is 19.7 Å². The molecule has 1 saturated heterocycles. The standard InChI is InChI=1S/C16H20F3NO3/c1-2-3-7-10-22-15(13-8-5-4-6-9-13)11-20(12-15)23-14(21)16(17,18)19/h4-6,8-9H,2-3,7,10-12H2,1H3. The van der Waals surface area contributed by atoms with Gasteiger partial charge in [-0.05, 0) is 12.0 Å². The van der Waals surface area contributed by atoms with Crippen LogP contribution in [-0.4, -0.2) is 36.9 Å². The summed E-state index contributed by atoms with van der Waals surface area (Å²) in [4.78, 5) is 15.2. The lowest BCUT2D eigenvalue weighted by atomic mass is 9.87. The molecular weight excluding hydrogens is 311 g/mol. The molecule has 1 aromatic rings.